The monoisotopic (exact) mass is 2020 g/mol. The van der Waals surface area contributed by atoms with E-state index >= 15 is 0 Å². The molecule has 4 unspecified atom stereocenters. The van der Waals surface area contributed by atoms with Gasteiger partial charge in [0.2, 0.25) is 47.4 Å². The number of benzene rings is 5. The second-order valence-electron chi connectivity index (χ2n) is 40.1. The molecule has 778 valence electrons. The van der Waals surface area contributed by atoms with Gasteiger partial charge in [0.25, 0.3) is 5.89 Å². The Balaban J connectivity index is 0.000000140. The number of hydrogen-bond acceptors (Lipinski definition) is 38. The highest BCUT2D eigenvalue weighted by atomic mass is 16.5. The molecule has 3 fully saturated rings. The fourth-order valence-electron chi connectivity index (χ4n) is 17.6. The summed E-state index contributed by atoms with van der Waals surface area (Å²) in [7, 11) is 3.25. The lowest BCUT2D eigenvalue weighted by Crippen LogP contribution is -2.46. The number of carbonyl (C=O) groups excluding carboxylic acids is 2. The number of piperazine rings is 2. The van der Waals surface area contributed by atoms with E-state index < -0.39 is 16.4 Å². The summed E-state index contributed by atoms with van der Waals surface area (Å²) in [5.74, 6) is 7.11. The summed E-state index contributed by atoms with van der Waals surface area (Å²) in [6.45, 7) is 38.5. The molecule has 0 radical (unpaired) electrons. The molecular formula is C108H132N32O9. The van der Waals surface area contributed by atoms with Crippen molar-refractivity contribution in [2.75, 3.05) is 107 Å². The molecule has 14 N–H and O–H groups in total. The van der Waals surface area contributed by atoms with Crippen LogP contribution < -0.4 is 49.5 Å². The van der Waals surface area contributed by atoms with Gasteiger partial charge in [0.1, 0.15) is 6.54 Å². The molecule has 3 aliphatic rings. The predicted octanol–water partition coefficient (Wildman–Crippen LogP) is 14.1. The number of nitrogens with two attached hydrogens (primary N) is 5. The van der Waals surface area contributed by atoms with Gasteiger partial charge in [-0.2, -0.15) is 30.0 Å². The van der Waals surface area contributed by atoms with Crippen molar-refractivity contribution in [3.8, 4) is 67.1 Å². The number of aryl methyl sites for hydroxylation is 1. The second-order valence-corrected chi connectivity index (χ2v) is 40.1. The number of ether oxygens (including phenoxy) is 1. The molecule has 5 atom stereocenters. The van der Waals surface area contributed by atoms with Gasteiger partial charge in [-0.1, -0.05) is 203 Å². The third-order valence-electron chi connectivity index (χ3n) is 28.9. The number of aliphatic hydroxyl groups is 1. The van der Waals surface area contributed by atoms with Crippen LogP contribution in [0.5, 0.6) is 0 Å². The lowest BCUT2D eigenvalue weighted by Gasteiger charge is -2.31. The van der Waals surface area contributed by atoms with Gasteiger partial charge in [-0.05, 0) is 153 Å². The van der Waals surface area contributed by atoms with Gasteiger partial charge in [-0.15, -0.1) is 0 Å². The number of amides is 2. The average Bonchev–Trinajstić information content (AvgIpc) is 1.59. The van der Waals surface area contributed by atoms with Gasteiger partial charge in [0.15, 0.2) is 29.1 Å². The highest BCUT2D eigenvalue weighted by Crippen LogP contribution is 2.52. The van der Waals surface area contributed by atoms with Crippen molar-refractivity contribution in [3.63, 3.8) is 0 Å². The summed E-state index contributed by atoms with van der Waals surface area (Å²) in [5, 5.41) is 44.8. The first-order valence-electron chi connectivity index (χ1n) is 49.9. The summed E-state index contributed by atoms with van der Waals surface area (Å²) < 4.78 is 34.2. The number of aromatic nitrogens is 22. The minimum Gasteiger partial charge on any atom is -0.390 e. The van der Waals surface area contributed by atoms with E-state index in [2.05, 4.69) is 291 Å². The van der Waals surface area contributed by atoms with Crippen molar-refractivity contribution in [2.24, 2.45) is 29.6 Å². The largest absolute Gasteiger partial charge is 0.390 e. The van der Waals surface area contributed by atoms with E-state index in [0.29, 0.717) is 103 Å². The molecule has 1 aliphatic carbocycles. The van der Waals surface area contributed by atoms with Crippen LogP contribution in [0.4, 0.5) is 35.8 Å². The van der Waals surface area contributed by atoms with Gasteiger partial charge in [0, 0.05) is 169 Å². The van der Waals surface area contributed by atoms with Crippen LogP contribution in [0.15, 0.2) is 218 Å². The Kier molecular flexibility index (Phi) is 33.7. The molecule has 13 heterocycles. The Morgan fingerprint density at radius 1 is 0.409 bits per heavy atom. The van der Waals surface area contributed by atoms with Gasteiger partial charge in [-0.3, -0.25) is 14.3 Å². The molecule has 1 saturated carbocycles. The molecule has 2 saturated heterocycles. The number of likely N-dealkylation sites (N-methyl/N-ethyl adjacent to an activating group) is 1. The van der Waals surface area contributed by atoms with Crippen molar-refractivity contribution in [1.29, 1.82) is 0 Å². The number of nitrogens with zero attached hydrogens (tertiary/aromatic N) is 24. The van der Waals surface area contributed by atoms with E-state index in [0.717, 1.165) is 136 Å². The quantitative estimate of drug-likeness (QED) is 0.0195. The number of carbonyl (C=O) groups is 2. The first-order valence-corrected chi connectivity index (χ1v) is 49.9. The van der Waals surface area contributed by atoms with Crippen LogP contribution in [0, 0.1) is 29.6 Å². The standard InChI is InChI=1S/C23H24N8O2.C22H27N7O2.C22H29N5O2.C21H27N7O.C20H25N5O2/c1-23(18-7-8-18,17-5-3-14(4-6-17)15-9-26-22(24)27-10-15)21-29-20(33-30-21)16-11-28-31(12-16)13-19(32)25-2;1-14(2)22(3,17-6-4-15(5-7-17)16-12-25-21(23)26-13-16)20-27-18(31-28-20)19(30)29-10-8-24-9-11-29;1-14(2)22(5,19-26-18(29-27-19)10-11-21(3,4)28)17-8-6-15(7-9-17)16-12-24-20(23)25-13-16;1-14(2)21(3,18-26-20(29-27-18)28-10-8-23-9-11-28)17-6-4-15(5-7-17)16-12-24-19(22)25-13-16;1-13(2)20(3,18-24-17(27-25-18)9-10-26-4)16-7-5-14(6-8-16)15-11-22-19(21)23-12-15/h3-6,9-12,18H,7-8,13H2,1-2H3,(H,25,32)(H2,24,26,27);4-7,12-14,24H,8-11H2,1-3H3,(H2,23,25,26);6-9,12-14,28H,10-11H2,1-5H3,(H2,23,24,25);4-7,12-14,23H,8-11H2,1-3H3,(H2,22,24,25);5-8,11-13H,9-10H2,1-4H3,(H2,21,22,23)/t23-;;;;/m1..../s1. The maximum atomic E-state index is 12.8. The van der Waals surface area contributed by atoms with Crippen LogP contribution in [0.2, 0.25) is 0 Å². The van der Waals surface area contributed by atoms with Crippen molar-refractivity contribution < 1.29 is 42.0 Å². The molecule has 0 spiro atoms. The molecule has 2 aliphatic heterocycles. The fourth-order valence-corrected chi connectivity index (χ4v) is 17.6. The van der Waals surface area contributed by atoms with Gasteiger partial charge in [-0.25, -0.2) is 49.8 Å². The highest BCUT2D eigenvalue weighted by molar-refractivity contribution is 5.89. The minimum absolute atomic E-state index is 0.0411. The molecule has 2 amide bonds. The van der Waals surface area contributed by atoms with Crippen LogP contribution in [0.25, 0.3) is 67.1 Å². The van der Waals surface area contributed by atoms with Gasteiger partial charge in [0.05, 0.1) is 57.5 Å². The first kappa shape index (κ1) is 107. The van der Waals surface area contributed by atoms with E-state index in [4.69, 9.17) is 66.0 Å². The second kappa shape index (κ2) is 46.8. The molecule has 5 aromatic carbocycles. The summed E-state index contributed by atoms with van der Waals surface area (Å²) in [6.07, 6.45) is 24.5. The van der Waals surface area contributed by atoms with Gasteiger partial charge >= 0.3 is 17.8 Å². The lowest BCUT2D eigenvalue weighted by molar-refractivity contribution is -0.121. The van der Waals surface area contributed by atoms with E-state index in [-0.39, 0.29) is 93.9 Å². The summed E-state index contributed by atoms with van der Waals surface area (Å²) in [5.41, 5.74) is 40.9. The lowest BCUT2D eigenvalue weighted by atomic mass is 9.72. The normalized spacial score (nSPS) is 15.3. The van der Waals surface area contributed by atoms with Crippen LogP contribution in [-0.4, -0.2) is 211 Å². The molecular weight excluding hydrogens is 1890 g/mol. The van der Waals surface area contributed by atoms with Crippen LogP contribution in [-0.2, 0) is 56.0 Å². The first-order chi connectivity index (χ1) is 71.4. The smallest absolute Gasteiger partial charge is 0.324 e. The van der Waals surface area contributed by atoms with Crippen LogP contribution in [0.3, 0.4) is 0 Å². The fraction of sp³-hybridized carbons (Fsp3) is 0.398. The minimum atomic E-state index is -0.766. The summed E-state index contributed by atoms with van der Waals surface area (Å²) in [6, 6.07) is 41.9. The van der Waals surface area contributed by atoms with Crippen molar-refractivity contribution >= 4 is 47.6 Å². The Hall–Kier alpha value is -16.0. The molecule has 0 bridgehead atoms. The van der Waals surface area contributed by atoms with Gasteiger partial charge < -0.3 is 86.9 Å². The summed E-state index contributed by atoms with van der Waals surface area (Å²) >= 11 is 0. The Morgan fingerprint density at radius 3 is 1.10 bits per heavy atom. The number of anilines is 6. The van der Waals surface area contributed by atoms with Crippen molar-refractivity contribution in [1.82, 2.24) is 131 Å². The molecule has 41 nitrogen and oxygen atoms in total. The van der Waals surface area contributed by atoms with Crippen LogP contribution in [0.1, 0.15) is 203 Å². The number of rotatable bonds is 31. The number of nitrogen functional groups attached to an aromatic ring is 5. The molecule has 16 aromatic rings. The molecule has 19 rings (SSSR count). The predicted molar refractivity (Wildman–Crippen MR) is 565 cm³/mol. The van der Waals surface area contributed by atoms with E-state index in [1.54, 1.807) is 107 Å². The maximum Gasteiger partial charge on any atom is 0.324 e. The number of methoxy groups -OCH3 is 1. The zero-order valence-electron chi connectivity index (χ0n) is 87.3. The zero-order valence-corrected chi connectivity index (χ0v) is 87.3. The van der Waals surface area contributed by atoms with E-state index in [9.17, 15) is 14.7 Å². The Labute approximate surface area is 865 Å². The number of nitrogens with one attached hydrogen (secondary N) is 3. The average molecular weight is 2020 g/mol. The van der Waals surface area contributed by atoms with Crippen molar-refractivity contribution in [3.05, 3.63) is 270 Å². The molecule has 11 aromatic heterocycles. The molecule has 149 heavy (non-hydrogen) atoms. The van der Waals surface area contributed by atoms with Crippen molar-refractivity contribution in [2.45, 2.75) is 175 Å². The molecule has 41 heteroatoms. The van der Waals surface area contributed by atoms with E-state index in [1.807, 2.05) is 36.4 Å². The Morgan fingerprint density at radius 2 is 0.745 bits per heavy atom. The third kappa shape index (κ3) is 24.9. The number of hydrogen-bond donors (Lipinski definition) is 9. The topological polar surface area (TPSA) is 578 Å². The SMILES string of the molecule is CC(C)C(C)(c1ccc(-c2cnc(N)nc2)cc1)c1noc(C(=O)N2CCNCC2)n1.CC(C)C(C)(c1ccc(-c2cnc(N)nc2)cc1)c1noc(CCC(C)(C)O)n1.CC(C)C(C)(c1ccc(-c2cnc(N)nc2)cc1)c1noc(N2CCNCC2)n1.CNC(=O)Cn1cc(-c2nc([C@](C)(c3ccc(-c4cnc(N)nc4)cc3)C3CC3)no2)cn1.COCCc1nc(C(C)(c2ccc(-c3cnc(N)nc3)cc2)C(C)C)no1. The maximum absolute atomic E-state index is 12.8. The third-order valence-corrected chi connectivity index (χ3v) is 28.9. The van der Waals surface area contributed by atoms with E-state index in [1.165, 1.54) is 4.68 Å². The van der Waals surface area contributed by atoms with Crippen LogP contribution >= 0.6 is 0 Å². The zero-order chi connectivity index (χ0) is 106. The summed E-state index contributed by atoms with van der Waals surface area (Å²) in [4.78, 5) is 92.1. The highest BCUT2D eigenvalue weighted by Gasteiger charge is 2.49. The Bertz CT molecular complexity index is 7020.